The molecule has 0 radical (unpaired) electrons. The topological polar surface area (TPSA) is 92.4 Å². The normalized spacial score (nSPS) is 13.6. The van der Waals surface area contributed by atoms with Crippen LogP contribution in [0.2, 0.25) is 0 Å². The van der Waals surface area contributed by atoms with E-state index >= 15 is 0 Å². The molecule has 90 valence electrons. The Balaban J connectivity index is 3.92. The summed E-state index contributed by atoms with van der Waals surface area (Å²) in [6.07, 6.45) is 6.65. The van der Waals surface area contributed by atoms with Crippen LogP contribution in [0.25, 0.3) is 0 Å². The van der Waals surface area contributed by atoms with Gasteiger partial charge in [0.1, 0.15) is 6.04 Å². The number of aliphatic carboxylic acids is 1. The summed E-state index contributed by atoms with van der Waals surface area (Å²) in [5.74, 6) is 0.798. The quantitative estimate of drug-likeness (QED) is 0.537. The molecule has 2 atom stereocenters. The Kier molecular flexibility index (Phi) is 6.97. The number of amides is 1. The molecule has 0 bridgehead atoms. The van der Waals surface area contributed by atoms with Crippen LogP contribution in [0.3, 0.4) is 0 Å². The van der Waals surface area contributed by atoms with Crippen LogP contribution in [0.5, 0.6) is 0 Å². The zero-order valence-corrected chi connectivity index (χ0v) is 9.40. The molecule has 0 saturated heterocycles. The first-order valence-corrected chi connectivity index (χ1v) is 5.18. The van der Waals surface area contributed by atoms with E-state index in [1.54, 1.807) is 0 Å². The molecule has 0 aliphatic carbocycles. The monoisotopic (exact) mass is 226 g/mol. The number of carbonyl (C=O) groups excluding carboxylic acids is 1. The average Bonchev–Trinajstić information content (AvgIpc) is 2.16. The van der Waals surface area contributed by atoms with Gasteiger partial charge in [0.15, 0.2) is 0 Å². The van der Waals surface area contributed by atoms with Gasteiger partial charge in [-0.25, -0.2) is 4.79 Å². The predicted molar refractivity (Wildman–Crippen MR) is 60.5 cm³/mol. The molecule has 4 N–H and O–H groups in total. The zero-order chi connectivity index (χ0) is 12.6. The Morgan fingerprint density at radius 1 is 1.56 bits per heavy atom. The predicted octanol–water partition coefficient (Wildman–Crippen LogP) is 0.0966. The smallest absolute Gasteiger partial charge is 0.327 e. The van der Waals surface area contributed by atoms with Crippen molar-refractivity contribution >= 4 is 11.9 Å². The van der Waals surface area contributed by atoms with Crippen LogP contribution >= 0.6 is 0 Å². The van der Waals surface area contributed by atoms with Gasteiger partial charge in [-0.3, -0.25) is 4.79 Å². The highest BCUT2D eigenvalue weighted by molar-refractivity contribution is 5.83. The summed E-state index contributed by atoms with van der Waals surface area (Å²) in [5, 5.41) is 11.1. The summed E-state index contributed by atoms with van der Waals surface area (Å²) in [6, 6.07) is -0.943. The Bertz CT molecular complexity index is 281. The minimum absolute atomic E-state index is 0.00559. The van der Waals surface area contributed by atoms with Gasteiger partial charge >= 0.3 is 5.97 Å². The second-order valence-corrected chi connectivity index (χ2v) is 3.74. The van der Waals surface area contributed by atoms with Crippen molar-refractivity contribution in [2.24, 2.45) is 5.73 Å². The minimum Gasteiger partial charge on any atom is -0.480 e. The van der Waals surface area contributed by atoms with Crippen molar-refractivity contribution in [1.29, 1.82) is 0 Å². The Hall–Kier alpha value is -1.54. The second-order valence-electron chi connectivity index (χ2n) is 3.74. The lowest BCUT2D eigenvalue weighted by molar-refractivity contribution is -0.141. The number of carboxylic acid groups (broad SMARTS) is 1. The summed E-state index contributed by atoms with van der Waals surface area (Å²) in [5.41, 5.74) is 5.52. The number of terminal acetylenes is 1. The van der Waals surface area contributed by atoms with Crippen LogP contribution in [-0.4, -0.2) is 29.1 Å². The molecule has 0 saturated carbocycles. The van der Waals surface area contributed by atoms with Crippen molar-refractivity contribution in [3.05, 3.63) is 0 Å². The van der Waals surface area contributed by atoms with Crippen molar-refractivity contribution in [3.63, 3.8) is 0 Å². The van der Waals surface area contributed by atoms with E-state index in [1.807, 2.05) is 6.92 Å². The highest BCUT2D eigenvalue weighted by atomic mass is 16.4. The van der Waals surface area contributed by atoms with Gasteiger partial charge in [-0.1, -0.05) is 0 Å². The van der Waals surface area contributed by atoms with E-state index < -0.39 is 12.0 Å². The molecule has 0 aromatic heterocycles. The molecule has 5 heteroatoms. The first-order chi connectivity index (χ1) is 7.47. The van der Waals surface area contributed by atoms with Gasteiger partial charge in [0.2, 0.25) is 5.91 Å². The molecular formula is C11H18N2O3. The summed E-state index contributed by atoms with van der Waals surface area (Å²) in [6.45, 7) is 1.86. The molecule has 0 aliphatic rings. The van der Waals surface area contributed by atoms with Crippen molar-refractivity contribution < 1.29 is 14.7 Å². The summed E-state index contributed by atoms with van der Waals surface area (Å²) in [4.78, 5) is 22.0. The van der Waals surface area contributed by atoms with E-state index in [9.17, 15) is 9.59 Å². The maximum absolute atomic E-state index is 11.3. The van der Waals surface area contributed by atoms with E-state index in [1.165, 1.54) is 0 Å². The summed E-state index contributed by atoms with van der Waals surface area (Å²) < 4.78 is 0. The number of nitrogens with two attached hydrogens (primary N) is 1. The van der Waals surface area contributed by atoms with Crippen molar-refractivity contribution in [1.82, 2.24) is 5.32 Å². The molecule has 0 rings (SSSR count). The number of hydrogen-bond acceptors (Lipinski definition) is 3. The average molecular weight is 226 g/mol. The van der Waals surface area contributed by atoms with Gasteiger partial charge in [-0.15, -0.1) is 12.3 Å². The van der Waals surface area contributed by atoms with E-state index in [0.29, 0.717) is 6.42 Å². The van der Waals surface area contributed by atoms with Gasteiger partial charge in [-0.05, 0) is 19.8 Å². The van der Waals surface area contributed by atoms with Gasteiger partial charge in [0, 0.05) is 18.9 Å². The number of hydrogen-bond donors (Lipinski definition) is 3. The lowest BCUT2D eigenvalue weighted by atomic mass is 10.1. The molecule has 2 unspecified atom stereocenters. The fourth-order valence-corrected chi connectivity index (χ4v) is 1.17. The number of nitrogens with one attached hydrogen (secondary N) is 1. The minimum atomic E-state index is -1.11. The summed E-state index contributed by atoms with van der Waals surface area (Å²) in [7, 11) is 0. The Morgan fingerprint density at radius 2 is 2.19 bits per heavy atom. The first-order valence-electron chi connectivity index (χ1n) is 5.18. The maximum atomic E-state index is 11.3. The molecule has 5 nitrogen and oxygen atoms in total. The van der Waals surface area contributed by atoms with Crippen molar-refractivity contribution in [2.45, 2.75) is 44.7 Å². The van der Waals surface area contributed by atoms with Crippen LogP contribution in [-0.2, 0) is 9.59 Å². The zero-order valence-electron chi connectivity index (χ0n) is 9.40. The maximum Gasteiger partial charge on any atom is 0.327 e. The Labute approximate surface area is 95.4 Å². The lowest BCUT2D eigenvalue weighted by Crippen LogP contribution is -2.40. The Morgan fingerprint density at radius 3 is 2.62 bits per heavy atom. The van der Waals surface area contributed by atoms with Crippen LogP contribution in [0, 0.1) is 12.3 Å². The molecule has 0 aromatic carbocycles. The van der Waals surface area contributed by atoms with Crippen LogP contribution in [0.15, 0.2) is 0 Å². The van der Waals surface area contributed by atoms with E-state index in [0.717, 1.165) is 6.42 Å². The fraction of sp³-hybridized carbons (Fsp3) is 0.636. The number of rotatable bonds is 7. The lowest BCUT2D eigenvalue weighted by Gasteiger charge is -2.11. The number of carboxylic acids is 1. The molecule has 0 heterocycles. The van der Waals surface area contributed by atoms with E-state index in [4.69, 9.17) is 17.3 Å². The van der Waals surface area contributed by atoms with Gasteiger partial charge < -0.3 is 16.2 Å². The highest BCUT2D eigenvalue weighted by Gasteiger charge is 2.18. The SMILES string of the molecule is C#CCC(NC(=O)CCCC(C)N)C(=O)O. The standard InChI is InChI=1S/C11H18N2O3/c1-3-5-9(11(15)16)13-10(14)7-4-6-8(2)12/h1,8-9H,4-7,12H2,2H3,(H,13,14)(H,15,16). The second kappa shape index (κ2) is 7.71. The van der Waals surface area contributed by atoms with Crippen molar-refractivity contribution in [3.8, 4) is 12.3 Å². The largest absolute Gasteiger partial charge is 0.480 e. The molecule has 0 spiro atoms. The van der Waals surface area contributed by atoms with Crippen LogP contribution in [0.4, 0.5) is 0 Å². The molecule has 0 aliphatic heterocycles. The number of carbonyl (C=O) groups is 2. The van der Waals surface area contributed by atoms with Gasteiger partial charge in [-0.2, -0.15) is 0 Å². The van der Waals surface area contributed by atoms with E-state index in [-0.39, 0.29) is 24.8 Å². The van der Waals surface area contributed by atoms with E-state index in [2.05, 4.69) is 11.2 Å². The molecule has 16 heavy (non-hydrogen) atoms. The van der Waals surface area contributed by atoms with Gasteiger partial charge in [0.05, 0.1) is 0 Å². The highest BCUT2D eigenvalue weighted by Crippen LogP contribution is 1.99. The van der Waals surface area contributed by atoms with Crippen LogP contribution < -0.4 is 11.1 Å². The molecular weight excluding hydrogens is 208 g/mol. The van der Waals surface area contributed by atoms with Crippen molar-refractivity contribution in [2.75, 3.05) is 0 Å². The van der Waals surface area contributed by atoms with Crippen LogP contribution in [0.1, 0.15) is 32.6 Å². The third-order valence-corrected chi connectivity index (χ3v) is 2.02. The first kappa shape index (κ1) is 14.5. The molecule has 0 fully saturated rings. The molecule has 0 aromatic rings. The summed E-state index contributed by atoms with van der Waals surface area (Å²) >= 11 is 0. The third kappa shape index (κ3) is 6.85. The fourth-order valence-electron chi connectivity index (χ4n) is 1.17. The van der Waals surface area contributed by atoms with Gasteiger partial charge in [0.25, 0.3) is 0 Å². The molecule has 1 amide bonds. The third-order valence-electron chi connectivity index (χ3n) is 2.02.